The fourth-order valence-electron chi connectivity index (χ4n) is 2.17. The van der Waals surface area contributed by atoms with Gasteiger partial charge in [-0.25, -0.2) is 10.2 Å². The van der Waals surface area contributed by atoms with Gasteiger partial charge in [-0.15, -0.1) is 0 Å². The molecule has 2 rings (SSSR count). The van der Waals surface area contributed by atoms with Gasteiger partial charge >= 0.3 is 5.97 Å². The average molecular weight is 338 g/mol. The standard InChI is InChI=1S/C20H22N2O3/c1-20(2,3)17-11-9-15(10-12-17)18(23)22-21-13-14-5-7-16(8-6-14)19(24)25-4/h5-13H,1-4H3,(H,22,23). The van der Waals surface area contributed by atoms with Crippen molar-refractivity contribution in [2.75, 3.05) is 7.11 Å². The predicted molar refractivity (Wildman–Crippen MR) is 98.0 cm³/mol. The highest BCUT2D eigenvalue weighted by atomic mass is 16.5. The molecular formula is C20H22N2O3. The van der Waals surface area contributed by atoms with Crippen LogP contribution >= 0.6 is 0 Å². The average Bonchev–Trinajstić information content (AvgIpc) is 2.61. The molecule has 0 saturated carbocycles. The Balaban J connectivity index is 1.97. The van der Waals surface area contributed by atoms with Gasteiger partial charge in [0.15, 0.2) is 0 Å². The highest BCUT2D eigenvalue weighted by Gasteiger charge is 2.14. The van der Waals surface area contributed by atoms with Crippen LogP contribution in [0.4, 0.5) is 0 Å². The summed E-state index contributed by atoms with van der Waals surface area (Å²) in [4.78, 5) is 23.5. The number of carbonyl (C=O) groups excluding carboxylic acids is 2. The Labute approximate surface area is 147 Å². The largest absolute Gasteiger partial charge is 0.465 e. The molecule has 1 N–H and O–H groups in total. The molecule has 130 valence electrons. The third kappa shape index (κ3) is 5.01. The van der Waals surface area contributed by atoms with Crippen molar-refractivity contribution >= 4 is 18.1 Å². The van der Waals surface area contributed by atoms with Crippen LogP contribution in [0.15, 0.2) is 53.6 Å². The number of hydrazone groups is 1. The summed E-state index contributed by atoms with van der Waals surface area (Å²) in [5.41, 5.74) is 5.47. The molecule has 25 heavy (non-hydrogen) atoms. The third-order valence-corrected chi connectivity index (χ3v) is 3.72. The van der Waals surface area contributed by atoms with Gasteiger partial charge in [-0.05, 0) is 40.8 Å². The molecule has 0 heterocycles. The number of ether oxygens (including phenoxy) is 1. The van der Waals surface area contributed by atoms with Crippen molar-refractivity contribution in [1.29, 1.82) is 0 Å². The van der Waals surface area contributed by atoms with E-state index in [9.17, 15) is 9.59 Å². The Morgan fingerprint density at radius 3 is 2.04 bits per heavy atom. The van der Waals surface area contributed by atoms with Crippen molar-refractivity contribution in [2.24, 2.45) is 5.10 Å². The third-order valence-electron chi connectivity index (χ3n) is 3.72. The molecule has 0 radical (unpaired) electrons. The molecule has 2 aromatic rings. The SMILES string of the molecule is COC(=O)c1ccc(C=NNC(=O)c2ccc(C(C)(C)C)cc2)cc1. The number of nitrogens with zero attached hydrogens (tertiary/aromatic N) is 1. The number of esters is 1. The summed E-state index contributed by atoms with van der Waals surface area (Å²) >= 11 is 0. The molecule has 0 unspecified atom stereocenters. The number of nitrogens with one attached hydrogen (secondary N) is 1. The molecule has 5 heteroatoms. The number of carbonyl (C=O) groups is 2. The minimum atomic E-state index is -0.393. The van der Waals surface area contributed by atoms with Gasteiger partial charge in [0.1, 0.15) is 0 Å². The molecule has 0 aliphatic heterocycles. The first-order valence-corrected chi connectivity index (χ1v) is 7.93. The monoisotopic (exact) mass is 338 g/mol. The molecular weight excluding hydrogens is 316 g/mol. The Morgan fingerprint density at radius 1 is 0.960 bits per heavy atom. The summed E-state index contributed by atoms with van der Waals surface area (Å²) in [6.45, 7) is 6.37. The second kappa shape index (κ2) is 7.75. The Morgan fingerprint density at radius 2 is 1.52 bits per heavy atom. The molecule has 0 atom stereocenters. The van der Waals surface area contributed by atoms with Crippen LogP contribution in [0.1, 0.15) is 52.6 Å². The van der Waals surface area contributed by atoms with E-state index in [1.54, 1.807) is 36.4 Å². The second-order valence-electron chi connectivity index (χ2n) is 6.64. The summed E-state index contributed by atoms with van der Waals surface area (Å²) in [5.74, 6) is -0.668. The molecule has 0 aliphatic carbocycles. The predicted octanol–water partition coefficient (Wildman–Crippen LogP) is 3.53. The van der Waals surface area contributed by atoms with Gasteiger partial charge in [0.2, 0.25) is 0 Å². The Kier molecular flexibility index (Phi) is 5.70. The quantitative estimate of drug-likeness (QED) is 0.527. The molecule has 2 aromatic carbocycles. The molecule has 0 aromatic heterocycles. The number of rotatable bonds is 4. The van der Waals surface area contributed by atoms with Gasteiger partial charge < -0.3 is 4.74 Å². The van der Waals surface area contributed by atoms with Crippen molar-refractivity contribution in [3.8, 4) is 0 Å². The zero-order chi connectivity index (χ0) is 18.4. The Hall–Kier alpha value is -2.95. The first kappa shape index (κ1) is 18.4. The van der Waals surface area contributed by atoms with E-state index in [1.807, 2.05) is 12.1 Å². The van der Waals surface area contributed by atoms with E-state index in [0.29, 0.717) is 11.1 Å². The van der Waals surface area contributed by atoms with Gasteiger partial charge in [0.05, 0.1) is 18.9 Å². The zero-order valence-electron chi connectivity index (χ0n) is 14.9. The van der Waals surface area contributed by atoms with Crippen LogP contribution in [0.5, 0.6) is 0 Å². The highest BCUT2D eigenvalue weighted by Crippen LogP contribution is 2.22. The first-order valence-electron chi connectivity index (χ1n) is 7.93. The number of hydrogen-bond acceptors (Lipinski definition) is 4. The number of benzene rings is 2. The lowest BCUT2D eigenvalue weighted by Crippen LogP contribution is -2.18. The van der Waals surface area contributed by atoms with Gasteiger partial charge in [-0.1, -0.05) is 45.0 Å². The smallest absolute Gasteiger partial charge is 0.337 e. The van der Waals surface area contributed by atoms with E-state index < -0.39 is 5.97 Å². The van der Waals surface area contributed by atoms with E-state index in [-0.39, 0.29) is 11.3 Å². The molecule has 0 spiro atoms. The lowest BCUT2D eigenvalue weighted by molar-refractivity contribution is 0.0600. The first-order chi connectivity index (χ1) is 11.8. The van der Waals surface area contributed by atoms with Gasteiger partial charge in [0, 0.05) is 5.56 Å². The van der Waals surface area contributed by atoms with Crippen molar-refractivity contribution < 1.29 is 14.3 Å². The van der Waals surface area contributed by atoms with E-state index in [2.05, 4.69) is 36.0 Å². The number of hydrogen-bond donors (Lipinski definition) is 1. The van der Waals surface area contributed by atoms with E-state index in [0.717, 1.165) is 5.56 Å². The summed E-state index contributed by atoms with van der Waals surface area (Å²) in [5, 5.41) is 3.94. The summed E-state index contributed by atoms with van der Waals surface area (Å²) in [6, 6.07) is 14.2. The van der Waals surface area contributed by atoms with E-state index in [1.165, 1.54) is 18.9 Å². The van der Waals surface area contributed by atoms with E-state index in [4.69, 9.17) is 0 Å². The molecule has 0 fully saturated rings. The lowest BCUT2D eigenvalue weighted by atomic mass is 9.87. The molecule has 1 amide bonds. The molecule has 0 aliphatic rings. The van der Waals surface area contributed by atoms with Gasteiger partial charge in [-0.3, -0.25) is 4.79 Å². The van der Waals surface area contributed by atoms with Crippen molar-refractivity contribution in [1.82, 2.24) is 5.43 Å². The van der Waals surface area contributed by atoms with Crippen LogP contribution in [-0.4, -0.2) is 25.2 Å². The van der Waals surface area contributed by atoms with Crippen LogP contribution in [0, 0.1) is 0 Å². The summed E-state index contributed by atoms with van der Waals surface area (Å²) in [7, 11) is 1.33. The minimum Gasteiger partial charge on any atom is -0.465 e. The van der Waals surface area contributed by atoms with Crippen molar-refractivity contribution in [3.63, 3.8) is 0 Å². The lowest BCUT2D eigenvalue weighted by Gasteiger charge is -2.18. The number of methoxy groups -OCH3 is 1. The maximum Gasteiger partial charge on any atom is 0.337 e. The molecule has 0 saturated heterocycles. The molecule has 0 bridgehead atoms. The van der Waals surface area contributed by atoms with Crippen molar-refractivity contribution in [3.05, 3.63) is 70.8 Å². The van der Waals surface area contributed by atoms with Crippen molar-refractivity contribution in [2.45, 2.75) is 26.2 Å². The van der Waals surface area contributed by atoms with Gasteiger partial charge in [-0.2, -0.15) is 5.10 Å². The topological polar surface area (TPSA) is 67.8 Å². The maximum absolute atomic E-state index is 12.1. The minimum absolute atomic E-state index is 0.0452. The van der Waals surface area contributed by atoms with Gasteiger partial charge in [0.25, 0.3) is 5.91 Å². The van der Waals surface area contributed by atoms with Crippen LogP contribution in [0.3, 0.4) is 0 Å². The van der Waals surface area contributed by atoms with Crippen LogP contribution in [-0.2, 0) is 10.2 Å². The number of amides is 1. The zero-order valence-corrected chi connectivity index (χ0v) is 14.9. The Bertz CT molecular complexity index is 770. The molecule has 5 nitrogen and oxygen atoms in total. The second-order valence-corrected chi connectivity index (χ2v) is 6.64. The highest BCUT2D eigenvalue weighted by molar-refractivity contribution is 5.95. The fraction of sp³-hybridized carbons (Fsp3) is 0.250. The van der Waals surface area contributed by atoms with Crippen LogP contribution < -0.4 is 5.43 Å². The maximum atomic E-state index is 12.1. The normalized spacial score (nSPS) is 11.4. The fourth-order valence-corrected chi connectivity index (χ4v) is 2.17. The summed E-state index contributed by atoms with van der Waals surface area (Å²) in [6.07, 6.45) is 1.52. The van der Waals surface area contributed by atoms with E-state index >= 15 is 0 Å². The van der Waals surface area contributed by atoms with Crippen LogP contribution in [0.2, 0.25) is 0 Å². The summed E-state index contributed by atoms with van der Waals surface area (Å²) < 4.78 is 4.64. The van der Waals surface area contributed by atoms with Crippen LogP contribution in [0.25, 0.3) is 0 Å².